The molecule has 0 atom stereocenters. The number of hydrogen-bond acceptors (Lipinski definition) is 5. The van der Waals surface area contributed by atoms with E-state index in [0.29, 0.717) is 46.2 Å². The fourth-order valence-corrected chi connectivity index (χ4v) is 2.21. The minimum absolute atomic E-state index is 0.298. The molecular formula is C14H15ClN2O3. The second kappa shape index (κ2) is 5.25. The second-order valence-corrected chi connectivity index (χ2v) is 5.23. The molecule has 5 nitrogen and oxygen atoms in total. The summed E-state index contributed by atoms with van der Waals surface area (Å²) in [7, 11) is 1.59. The number of ether oxygens (including phenoxy) is 2. The van der Waals surface area contributed by atoms with Crippen molar-refractivity contribution in [1.29, 1.82) is 0 Å². The van der Waals surface area contributed by atoms with Gasteiger partial charge in [-0.2, -0.15) is 0 Å². The minimum Gasteiger partial charge on any atom is -0.493 e. The van der Waals surface area contributed by atoms with E-state index in [1.807, 2.05) is 0 Å². The lowest BCUT2D eigenvalue weighted by atomic mass is 10.1. The van der Waals surface area contributed by atoms with Crippen molar-refractivity contribution in [1.82, 2.24) is 5.16 Å². The zero-order valence-corrected chi connectivity index (χ0v) is 11.8. The molecule has 6 heteroatoms. The van der Waals surface area contributed by atoms with E-state index in [0.717, 1.165) is 0 Å². The molecule has 2 aromatic rings. The zero-order chi connectivity index (χ0) is 14.1. The van der Waals surface area contributed by atoms with Gasteiger partial charge in [-0.15, -0.1) is 0 Å². The van der Waals surface area contributed by atoms with Gasteiger partial charge in [-0.1, -0.05) is 16.8 Å². The average Bonchev–Trinajstić information content (AvgIpc) is 3.17. The van der Waals surface area contributed by atoms with Crippen molar-refractivity contribution >= 4 is 17.4 Å². The van der Waals surface area contributed by atoms with Gasteiger partial charge in [0.1, 0.15) is 0 Å². The molecule has 0 amide bonds. The lowest BCUT2D eigenvalue weighted by Gasteiger charge is -2.14. The summed E-state index contributed by atoms with van der Waals surface area (Å²) < 4.78 is 16.4. The van der Waals surface area contributed by atoms with Crippen molar-refractivity contribution < 1.29 is 14.0 Å². The third-order valence-corrected chi connectivity index (χ3v) is 3.54. The minimum atomic E-state index is 0.298. The van der Waals surface area contributed by atoms with Gasteiger partial charge in [0.2, 0.25) is 0 Å². The predicted molar refractivity (Wildman–Crippen MR) is 76.1 cm³/mol. The molecule has 1 saturated carbocycles. The van der Waals surface area contributed by atoms with Crippen LogP contribution in [0.2, 0.25) is 5.02 Å². The van der Waals surface area contributed by atoms with Crippen LogP contribution in [0.3, 0.4) is 0 Å². The molecule has 3 rings (SSSR count). The van der Waals surface area contributed by atoms with E-state index < -0.39 is 0 Å². The highest BCUT2D eigenvalue weighted by Gasteiger charge is 2.25. The van der Waals surface area contributed by atoms with Crippen LogP contribution in [-0.4, -0.2) is 18.9 Å². The second-order valence-electron chi connectivity index (χ2n) is 4.82. The lowest BCUT2D eigenvalue weighted by molar-refractivity contribution is 0.280. The van der Waals surface area contributed by atoms with Crippen LogP contribution in [0.5, 0.6) is 11.5 Å². The van der Waals surface area contributed by atoms with Gasteiger partial charge in [0.15, 0.2) is 23.1 Å². The lowest BCUT2D eigenvalue weighted by Crippen LogP contribution is -2.02. The first-order chi connectivity index (χ1) is 9.69. The van der Waals surface area contributed by atoms with Crippen molar-refractivity contribution in [2.45, 2.75) is 12.8 Å². The maximum absolute atomic E-state index is 6.27. The van der Waals surface area contributed by atoms with Gasteiger partial charge in [0, 0.05) is 6.07 Å². The Morgan fingerprint density at radius 2 is 2.25 bits per heavy atom. The van der Waals surface area contributed by atoms with E-state index in [9.17, 15) is 0 Å². The van der Waals surface area contributed by atoms with Crippen LogP contribution >= 0.6 is 11.6 Å². The first-order valence-electron chi connectivity index (χ1n) is 6.41. The van der Waals surface area contributed by atoms with Gasteiger partial charge in [-0.05, 0) is 30.9 Å². The molecule has 0 aliphatic heterocycles. The highest BCUT2D eigenvalue weighted by molar-refractivity contribution is 6.33. The normalized spacial score (nSPS) is 14.3. The van der Waals surface area contributed by atoms with Crippen LogP contribution in [0, 0.1) is 5.92 Å². The summed E-state index contributed by atoms with van der Waals surface area (Å²) in [5, 5.41) is 4.19. The fourth-order valence-electron chi connectivity index (χ4n) is 1.97. The highest BCUT2D eigenvalue weighted by atomic mass is 35.5. The number of nitrogen functional groups attached to an aromatic ring is 1. The fraction of sp³-hybridized carbons (Fsp3) is 0.357. The summed E-state index contributed by atoms with van der Waals surface area (Å²) in [5.74, 6) is 2.57. The molecule has 106 valence electrons. The summed E-state index contributed by atoms with van der Waals surface area (Å²) in [6, 6.07) is 5.12. The number of rotatable bonds is 5. The van der Waals surface area contributed by atoms with E-state index in [1.165, 1.54) is 12.8 Å². The summed E-state index contributed by atoms with van der Waals surface area (Å²) in [4.78, 5) is 0. The summed E-state index contributed by atoms with van der Waals surface area (Å²) in [6.07, 6.45) is 2.40. The van der Waals surface area contributed by atoms with Gasteiger partial charge >= 0.3 is 0 Å². The maximum atomic E-state index is 6.27. The summed E-state index contributed by atoms with van der Waals surface area (Å²) >= 11 is 6.27. The average molecular weight is 295 g/mol. The molecular weight excluding hydrogens is 280 g/mol. The monoisotopic (exact) mass is 294 g/mol. The molecule has 1 aromatic carbocycles. The molecule has 0 spiro atoms. The molecule has 1 heterocycles. The smallest absolute Gasteiger partial charge is 0.174 e. The third kappa shape index (κ3) is 2.54. The zero-order valence-electron chi connectivity index (χ0n) is 11.1. The number of aromatic nitrogens is 1. The van der Waals surface area contributed by atoms with E-state index in [4.69, 9.17) is 31.3 Å². The van der Waals surface area contributed by atoms with E-state index in [2.05, 4.69) is 5.16 Å². The van der Waals surface area contributed by atoms with Gasteiger partial charge in [-0.3, -0.25) is 0 Å². The van der Waals surface area contributed by atoms with Crippen LogP contribution < -0.4 is 15.2 Å². The number of nitrogens with zero attached hydrogens (tertiary/aromatic N) is 1. The molecule has 0 saturated heterocycles. The largest absolute Gasteiger partial charge is 0.493 e. The summed E-state index contributed by atoms with van der Waals surface area (Å²) in [6.45, 7) is 0.646. The maximum Gasteiger partial charge on any atom is 0.174 e. The number of nitrogens with two attached hydrogens (primary N) is 1. The van der Waals surface area contributed by atoms with Crippen molar-refractivity contribution in [3.05, 3.63) is 23.2 Å². The van der Waals surface area contributed by atoms with Crippen LogP contribution in [0.25, 0.3) is 11.3 Å². The Kier molecular flexibility index (Phi) is 3.44. The SMILES string of the molecule is COc1ccc(Cl)c(-c2cc(N)no2)c1OCC1CC1. The van der Waals surface area contributed by atoms with Crippen LogP contribution in [0.15, 0.2) is 22.7 Å². The van der Waals surface area contributed by atoms with E-state index in [1.54, 1.807) is 25.3 Å². The number of methoxy groups -OCH3 is 1. The molecule has 1 aliphatic rings. The Balaban J connectivity index is 2.04. The highest BCUT2D eigenvalue weighted by Crippen LogP contribution is 2.44. The molecule has 0 unspecified atom stereocenters. The standard InChI is InChI=1S/C14H15ClN2O3/c1-18-10-5-4-9(15)13(11-6-12(16)17-20-11)14(10)19-7-8-2-3-8/h4-6,8H,2-3,7H2,1H3,(H2,16,17). The van der Waals surface area contributed by atoms with Crippen LogP contribution in [0.4, 0.5) is 5.82 Å². The van der Waals surface area contributed by atoms with Gasteiger partial charge in [0.25, 0.3) is 0 Å². The molecule has 0 bridgehead atoms. The van der Waals surface area contributed by atoms with Crippen LogP contribution in [-0.2, 0) is 0 Å². The third-order valence-electron chi connectivity index (χ3n) is 3.23. The quantitative estimate of drug-likeness (QED) is 0.915. The Hall–Kier alpha value is -1.88. The molecule has 2 N–H and O–H groups in total. The van der Waals surface area contributed by atoms with Gasteiger partial charge < -0.3 is 19.7 Å². The Labute approximate surface area is 121 Å². The number of anilines is 1. The van der Waals surface area contributed by atoms with Crippen molar-refractivity contribution in [2.24, 2.45) is 5.92 Å². The van der Waals surface area contributed by atoms with Crippen LogP contribution in [0.1, 0.15) is 12.8 Å². The first kappa shape index (κ1) is 13.1. The molecule has 20 heavy (non-hydrogen) atoms. The Morgan fingerprint density at radius 1 is 1.45 bits per heavy atom. The Morgan fingerprint density at radius 3 is 2.85 bits per heavy atom. The van der Waals surface area contributed by atoms with Crippen molar-refractivity contribution in [3.8, 4) is 22.8 Å². The predicted octanol–water partition coefficient (Wildman–Crippen LogP) is 3.37. The number of halogens is 1. The molecule has 1 aliphatic carbocycles. The topological polar surface area (TPSA) is 70.5 Å². The Bertz CT molecular complexity index is 623. The number of benzene rings is 1. The van der Waals surface area contributed by atoms with E-state index >= 15 is 0 Å². The molecule has 1 aromatic heterocycles. The molecule has 1 fully saturated rings. The van der Waals surface area contributed by atoms with Gasteiger partial charge in [0.05, 0.1) is 24.3 Å². The molecule has 0 radical (unpaired) electrons. The first-order valence-corrected chi connectivity index (χ1v) is 6.78. The van der Waals surface area contributed by atoms with Crippen molar-refractivity contribution in [2.75, 3.05) is 19.5 Å². The van der Waals surface area contributed by atoms with Gasteiger partial charge in [-0.25, -0.2) is 0 Å². The summed E-state index contributed by atoms with van der Waals surface area (Å²) in [5.41, 5.74) is 6.22. The van der Waals surface area contributed by atoms with E-state index in [-0.39, 0.29) is 0 Å². The number of hydrogen-bond donors (Lipinski definition) is 1. The van der Waals surface area contributed by atoms with Crippen molar-refractivity contribution in [3.63, 3.8) is 0 Å².